The van der Waals surface area contributed by atoms with E-state index in [1.807, 2.05) is 25.3 Å². The van der Waals surface area contributed by atoms with Gasteiger partial charge in [0.1, 0.15) is 12.4 Å². The van der Waals surface area contributed by atoms with Crippen molar-refractivity contribution in [2.45, 2.75) is 88.4 Å². The van der Waals surface area contributed by atoms with Gasteiger partial charge in [0.25, 0.3) is 0 Å². The first-order chi connectivity index (χ1) is 18.1. The first-order valence-electron chi connectivity index (χ1n) is 14.4. The minimum absolute atomic E-state index is 0.298. The minimum atomic E-state index is -0.373. The van der Waals surface area contributed by atoms with E-state index in [1.165, 1.54) is 24.0 Å². The summed E-state index contributed by atoms with van der Waals surface area (Å²) in [7, 11) is 1.89. The van der Waals surface area contributed by atoms with Gasteiger partial charge in [-0.05, 0) is 68.2 Å². The largest absolute Gasteiger partial charge is 0.489 e. The predicted molar refractivity (Wildman–Crippen MR) is 144 cm³/mol. The molecule has 0 amide bonds. The summed E-state index contributed by atoms with van der Waals surface area (Å²) in [5.74, 6) is 2.82. The van der Waals surface area contributed by atoms with E-state index in [9.17, 15) is 4.79 Å². The van der Waals surface area contributed by atoms with E-state index >= 15 is 0 Å². The molecule has 0 unspecified atom stereocenters. The Morgan fingerprint density at radius 1 is 1.05 bits per heavy atom. The lowest BCUT2D eigenvalue weighted by Gasteiger charge is -2.65. The summed E-state index contributed by atoms with van der Waals surface area (Å²) in [5.41, 5.74) is 2.90. The number of piperidine rings is 1. The van der Waals surface area contributed by atoms with Crippen LogP contribution in [-0.2, 0) is 28.0 Å². The molecule has 2 aromatic carbocycles. The molecule has 0 spiro atoms. The van der Waals surface area contributed by atoms with E-state index in [0.29, 0.717) is 37.9 Å². The number of hydrogen-bond acceptors (Lipinski definition) is 5. The van der Waals surface area contributed by atoms with Gasteiger partial charge in [0.15, 0.2) is 11.5 Å². The van der Waals surface area contributed by atoms with Crippen LogP contribution >= 0.6 is 0 Å². The number of carbonyl (C=O) groups excluding carboxylic acids is 1. The lowest BCUT2D eigenvalue weighted by atomic mass is 9.49. The number of benzene rings is 2. The van der Waals surface area contributed by atoms with Crippen LogP contribution in [0.1, 0.15) is 75.0 Å². The smallest absolute Gasteiger partial charge is 0.165 e. The topological polar surface area (TPSA) is 48.0 Å². The molecule has 37 heavy (non-hydrogen) atoms. The van der Waals surface area contributed by atoms with Crippen molar-refractivity contribution in [1.29, 1.82) is 0 Å². The fraction of sp³-hybridized carbons (Fsp3) is 0.594. The van der Waals surface area contributed by atoms with Gasteiger partial charge in [0.05, 0.1) is 12.2 Å². The summed E-state index contributed by atoms with van der Waals surface area (Å²) < 4.78 is 19.7. The van der Waals surface area contributed by atoms with Crippen molar-refractivity contribution in [3.8, 4) is 11.5 Å². The number of unbranched alkanes of at least 4 members (excludes halogenated alkanes) is 1. The molecule has 1 heterocycles. The summed E-state index contributed by atoms with van der Waals surface area (Å²) in [4.78, 5) is 15.9. The van der Waals surface area contributed by atoms with E-state index in [4.69, 9.17) is 14.2 Å². The van der Waals surface area contributed by atoms with E-state index < -0.39 is 0 Å². The monoisotopic (exact) mass is 503 g/mol. The molecule has 3 atom stereocenters. The van der Waals surface area contributed by atoms with Crippen molar-refractivity contribution >= 4 is 5.78 Å². The van der Waals surface area contributed by atoms with Gasteiger partial charge in [-0.25, -0.2) is 0 Å². The van der Waals surface area contributed by atoms with Crippen LogP contribution in [0.2, 0.25) is 0 Å². The number of hydrogen-bond donors (Lipinski definition) is 0. The minimum Gasteiger partial charge on any atom is -0.489 e. The summed E-state index contributed by atoms with van der Waals surface area (Å²) in [5, 5.41) is 0. The average molecular weight is 504 g/mol. The maximum atomic E-state index is 13.2. The molecule has 6 rings (SSSR count). The third kappa shape index (κ3) is 4.28. The van der Waals surface area contributed by atoms with Gasteiger partial charge in [-0.15, -0.1) is 0 Å². The van der Waals surface area contributed by atoms with Crippen LogP contribution in [0.3, 0.4) is 0 Å². The van der Waals surface area contributed by atoms with Crippen molar-refractivity contribution in [2.24, 2.45) is 5.92 Å². The van der Waals surface area contributed by atoms with Crippen LogP contribution < -0.4 is 9.47 Å². The lowest BCUT2D eigenvalue weighted by molar-refractivity contribution is -0.188. The van der Waals surface area contributed by atoms with Gasteiger partial charge in [-0.2, -0.15) is 0 Å². The SMILES string of the molecule is CCCCOc1c(OCc2ccccc2)ccc2c1[C@]13CCN(CC4CC4)[C@@H](C2)[C@]1(OC)CCC(=O)C3. The Morgan fingerprint density at radius 2 is 1.89 bits per heavy atom. The van der Waals surface area contributed by atoms with Crippen molar-refractivity contribution in [3.05, 3.63) is 59.2 Å². The zero-order valence-electron chi connectivity index (χ0n) is 22.5. The zero-order chi connectivity index (χ0) is 25.5. The standard InChI is InChI=1S/C32H41NO4/c1-3-4-18-36-30-27(37-22-24-8-6-5-7-9-24)13-12-25-19-28-32(35-2)15-14-26(34)20-31(32,29(25)30)16-17-33(28)21-23-10-11-23/h5-9,12-13,23,28H,3-4,10-11,14-22H2,1-2H3/t28-,31+,32+/m0/s1. The highest BCUT2D eigenvalue weighted by molar-refractivity contribution is 5.83. The molecule has 2 bridgehead atoms. The second kappa shape index (κ2) is 10.1. The number of ketones is 1. The average Bonchev–Trinajstić information content (AvgIpc) is 3.74. The van der Waals surface area contributed by atoms with Gasteiger partial charge >= 0.3 is 0 Å². The molecule has 3 aliphatic carbocycles. The van der Waals surface area contributed by atoms with Crippen LogP contribution in [-0.4, -0.2) is 49.1 Å². The predicted octanol–water partition coefficient (Wildman–Crippen LogP) is 5.86. The Kier molecular flexibility index (Phi) is 6.79. The van der Waals surface area contributed by atoms with Crippen molar-refractivity contribution in [2.75, 3.05) is 26.8 Å². The highest BCUT2D eigenvalue weighted by Gasteiger charge is 2.67. The Bertz CT molecular complexity index is 1130. The van der Waals surface area contributed by atoms with E-state index in [1.54, 1.807) is 0 Å². The van der Waals surface area contributed by atoms with Crippen molar-refractivity contribution in [1.82, 2.24) is 4.90 Å². The van der Waals surface area contributed by atoms with E-state index in [-0.39, 0.29) is 11.0 Å². The molecule has 2 aromatic rings. The van der Waals surface area contributed by atoms with Crippen molar-refractivity contribution < 1.29 is 19.0 Å². The third-order valence-electron chi connectivity index (χ3n) is 9.52. The molecule has 4 aliphatic rings. The van der Waals surface area contributed by atoms with E-state index in [2.05, 4.69) is 36.1 Å². The summed E-state index contributed by atoms with van der Waals surface area (Å²) in [6.07, 6.45) is 8.55. The van der Waals surface area contributed by atoms with E-state index in [0.717, 1.165) is 68.2 Å². The first kappa shape index (κ1) is 24.9. The van der Waals surface area contributed by atoms with Crippen LogP contribution in [0.4, 0.5) is 0 Å². The molecule has 1 saturated heterocycles. The second-order valence-corrected chi connectivity index (χ2v) is 11.7. The fourth-order valence-corrected chi connectivity index (χ4v) is 7.53. The molecule has 5 nitrogen and oxygen atoms in total. The summed E-state index contributed by atoms with van der Waals surface area (Å²) in [6, 6.07) is 14.9. The summed E-state index contributed by atoms with van der Waals surface area (Å²) >= 11 is 0. The Labute approximate surface area is 221 Å². The number of carbonyl (C=O) groups is 1. The van der Waals surface area contributed by atoms with Gasteiger partial charge in [0.2, 0.25) is 0 Å². The number of methoxy groups -OCH3 is 1. The number of nitrogens with zero attached hydrogens (tertiary/aromatic N) is 1. The van der Waals surface area contributed by atoms with Crippen molar-refractivity contribution in [3.63, 3.8) is 0 Å². The van der Waals surface area contributed by atoms with Crippen LogP contribution in [0.25, 0.3) is 0 Å². The Morgan fingerprint density at radius 3 is 2.65 bits per heavy atom. The third-order valence-corrected chi connectivity index (χ3v) is 9.52. The molecular weight excluding hydrogens is 462 g/mol. The van der Waals surface area contributed by atoms with Crippen LogP contribution in [0.15, 0.2) is 42.5 Å². The van der Waals surface area contributed by atoms with Gasteiger partial charge in [0, 0.05) is 43.5 Å². The molecule has 0 aromatic heterocycles. The lowest BCUT2D eigenvalue weighted by Crippen LogP contribution is -2.74. The number of fused-ring (bicyclic) bond motifs is 1. The number of Topliss-reactive ketones (excluding diaryl/α,β-unsaturated/α-hetero) is 1. The molecule has 1 aliphatic heterocycles. The molecule has 2 saturated carbocycles. The van der Waals surface area contributed by atoms with Gasteiger partial charge in [-0.3, -0.25) is 9.69 Å². The molecule has 3 fully saturated rings. The first-order valence-corrected chi connectivity index (χ1v) is 14.4. The Balaban J connectivity index is 1.45. The van der Waals surface area contributed by atoms with Gasteiger partial charge < -0.3 is 14.2 Å². The summed E-state index contributed by atoms with van der Waals surface area (Å²) in [6.45, 7) is 5.50. The highest BCUT2D eigenvalue weighted by Crippen LogP contribution is 2.62. The molecule has 198 valence electrons. The zero-order valence-corrected chi connectivity index (χ0v) is 22.5. The number of likely N-dealkylation sites (tertiary alicyclic amines) is 1. The molecular formula is C32H41NO4. The quantitative estimate of drug-likeness (QED) is 0.380. The molecule has 0 N–H and O–H groups in total. The molecule has 0 radical (unpaired) electrons. The number of rotatable bonds is 10. The Hall–Kier alpha value is -2.37. The fourth-order valence-electron chi connectivity index (χ4n) is 7.53. The van der Waals surface area contributed by atoms with Crippen LogP contribution in [0.5, 0.6) is 11.5 Å². The number of ether oxygens (including phenoxy) is 3. The second-order valence-electron chi connectivity index (χ2n) is 11.7. The normalized spacial score (nSPS) is 28.9. The maximum Gasteiger partial charge on any atom is 0.165 e. The van der Waals surface area contributed by atoms with Gasteiger partial charge in [-0.1, -0.05) is 49.7 Å². The molecule has 5 heteroatoms. The maximum absolute atomic E-state index is 13.2. The highest BCUT2D eigenvalue weighted by atomic mass is 16.5. The van der Waals surface area contributed by atoms with Crippen LogP contribution in [0, 0.1) is 5.92 Å².